The van der Waals surface area contributed by atoms with Crippen molar-refractivity contribution in [1.82, 2.24) is 4.98 Å². The van der Waals surface area contributed by atoms with Crippen molar-refractivity contribution in [1.29, 1.82) is 5.26 Å². The average Bonchev–Trinajstić information content (AvgIpc) is 2.93. The minimum atomic E-state index is 0.0653. The molecule has 2 aliphatic carbocycles. The Labute approximate surface area is 119 Å². The number of hydrogen-bond acceptors (Lipinski definition) is 2. The fraction of sp³-hybridized carbons (Fsp3) is 0.333. The van der Waals surface area contributed by atoms with E-state index in [1.807, 2.05) is 12.3 Å². The minimum absolute atomic E-state index is 0.0653. The first kappa shape index (κ1) is 11.7. The fourth-order valence-electron chi connectivity index (χ4n) is 4.33. The van der Waals surface area contributed by atoms with E-state index >= 15 is 0 Å². The third kappa shape index (κ3) is 1.41. The summed E-state index contributed by atoms with van der Waals surface area (Å²) in [6.07, 6.45) is 3.93. The molecule has 1 heterocycles. The molecule has 20 heavy (non-hydrogen) atoms. The molecule has 4 rings (SSSR count). The standard InChI is InChI=1S/C18H16N2/c19-12-13-10-15-16(11-13)18(15,14-6-2-1-3-7-14)17-8-4-5-9-20-17/h1-9,13,15-16H,10-11H2/t13?,15-,16+,18?. The molecular weight excluding hydrogens is 244 g/mol. The molecule has 2 heteroatoms. The molecule has 98 valence electrons. The lowest BCUT2D eigenvalue weighted by atomic mass is 9.82. The molecule has 2 aromatic rings. The molecule has 2 aliphatic rings. The van der Waals surface area contributed by atoms with Crippen LogP contribution in [0.1, 0.15) is 24.1 Å². The quantitative estimate of drug-likeness (QED) is 0.828. The van der Waals surface area contributed by atoms with Crippen LogP contribution in [0.5, 0.6) is 0 Å². The fourth-order valence-corrected chi connectivity index (χ4v) is 4.33. The van der Waals surface area contributed by atoms with Gasteiger partial charge >= 0.3 is 0 Å². The molecule has 2 fully saturated rings. The molecule has 1 aromatic heterocycles. The van der Waals surface area contributed by atoms with Gasteiger partial charge in [-0.05, 0) is 42.4 Å². The molecule has 0 amide bonds. The molecular formula is C18H16N2. The molecule has 0 saturated heterocycles. The van der Waals surface area contributed by atoms with Crippen molar-refractivity contribution in [3.8, 4) is 6.07 Å². The maximum Gasteiger partial charge on any atom is 0.0656 e. The first-order valence-corrected chi connectivity index (χ1v) is 7.24. The number of rotatable bonds is 2. The van der Waals surface area contributed by atoms with E-state index in [4.69, 9.17) is 5.26 Å². The van der Waals surface area contributed by atoms with Crippen LogP contribution in [0.3, 0.4) is 0 Å². The average molecular weight is 260 g/mol. The van der Waals surface area contributed by atoms with Crippen LogP contribution in [0.2, 0.25) is 0 Å². The zero-order valence-corrected chi connectivity index (χ0v) is 11.2. The molecule has 0 N–H and O–H groups in total. The zero-order chi connectivity index (χ0) is 13.6. The summed E-state index contributed by atoms with van der Waals surface area (Å²) in [6, 6.07) is 19.3. The monoisotopic (exact) mass is 260 g/mol. The van der Waals surface area contributed by atoms with E-state index in [1.54, 1.807) is 0 Å². The van der Waals surface area contributed by atoms with Crippen LogP contribution >= 0.6 is 0 Å². The van der Waals surface area contributed by atoms with Gasteiger partial charge in [-0.1, -0.05) is 36.4 Å². The Morgan fingerprint density at radius 3 is 2.30 bits per heavy atom. The second-order valence-corrected chi connectivity index (χ2v) is 5.96. The Bertz CT molecular complexity index is 603. The SMILES string of the molecule is N#CC1C[C@@H]2[C@H](C1)C2(c1ccccc1)c1ccccn1. The van der Waals surface area contributed by atoms with Gasteiger partial charge in [-0.2, -0.15) is 5.26 Å². The molecule has 0 radical (unpaired) electrons. The maximum absolute atomic E-state index is 9.15. The Morgan fingerprint density at radius 2 is 1.70 bits per heavy atom. The van der Waals surface area contributed by atoms with Crippen molar-refractivity contribution in [2.24, 2.45) is 17.8 Å². The van der Waals surface area contributed by atoms with E-state index < -0.39 is 0 Å². The van der Waals surface area contributed by atoms with Crippen LogP contribution in [-0.4, -0.2) is 4.98 Å². The summed E-state index contributed by atoms with van der Waals surface area (Å²) in [7, 11) is 0. The lowest BCUT2D eigenvalue weighted by Crippen LogP contribution is -2.20. The van der Waals surface area contributed by atoms with Crippen LogP contribution in [0, 0.1) is 29.1 Å². The Hall–Kier alpha value is -2.14. The summed E-state index contributed by atoms with van der Waals surface area (Å²) in [5, 5.41) is 9.15. The van der Waals surface area contributed by atoms with Gasteiger partial charge in [0.1, 0.15) is 0 Å². The first-order valence-electron chi connectivity index (χ1n) is 7.24. The van der Waals surface area contributed by atoms with Gasteiger partial charge in [0.05, 0.1) is 11.8 Å². The zero-order valence-electron chi connectivity index (χ0n) is 11.2. The largest absolute Gasteiger partial charge is 0.260 e. The number of nitrogens with zero attached hydrogens (tertiary/aromatic N) is 2. The van der Waals surface area contributed by atoms with Crippen LogP contribution in [0.4, 0.5) is 0 Å². The summed E-state index contributed by atoms with van der Waals surface area (Å²) in [4.78, 5) is 4.64. The first-order chi connectivity index (χ1) is 9.87. The van der Waals surface area contributed by atoms with Crippen molar-refractivity contribution < 1.29 is 0 Å². The predicted octanol–water partition coefficient (Wildman–Crippen LogP) is 3.55. The van der Waals surface area contributed by atoms with Gasteiger partial charge in [-0.3, -0.25) is 4.98 Å². The summed E-state index contributed by atoms with van der Waals surface area (Å²) in [5.74, 6) is 1.42. The number of hydrogen-bond donors (Lipinski definition) is 0. The van der Waals surface area contributed by atoms with Gasteiger partial charge < -0.3 is 0 Å². The van der Waals surface area contributed by atoms with Crippen LogP contribution in [0.25, 0.3) is 0 Å². The topological polar surface area (TPSA) is 36.7 Å². The second kappa shape index (κ2) is 4.18. The van der Waals surface area contributed by atoms with Gasteiger partial charge in [0.15, 0.2) is 0 Å². The highest BCUT2D eigenvalue weighted by Gasteiger charge is 2.70. The van der Waals surface area contributed by atoms with Crippen molar-refractivity contribution in [3.63, 3.8) is 0 Å². The van der Waals surface area contributed by atoms with Gasteiger partial charge in [-0.25, -0.2) is 0 Å². The molecule has 0 aliphatic heterocycles. The lowest BCUT2D eigenvalue weighted by Gasteiger charge is -2.22. The molecule has 2 nitrogen and oxygen atoms in total. The van der Waals surface area contributed by atoms with Crippen LogP contribution < -0.4 is 0 Å². The number of benzene rings is 1. The number of nitriles is 1. The summed E-state index contributed by atoms with van der Waals surface area (Å²) < 4.78 is 0. The third-order valence-corrected chi connectivity index (χ3v) is 5.15. The maximum atomic E-state index is 9.15. The summed E-state index contributed by atoms with van der Waals surface area (Å²) >= 11 is 0. The lowest BCUT2D eigenvalue weighted by molar-refractivity contribution is 0.502. The molecule has 1 aromatic carbocycles. The van der Waals surface area contributed by atoms with E-state index in [9.17, 15) is 0 Å². The van der Waals surface area contributed by atoms with Crippen LogP contribution in [0.15, 0.2) is 54.7 Å². The molecule has 0 bridgehead atoms. The van der Waals surface area contributed by atoms with E-state index in [1.165, 1.54) is 11.3 Å². The Balaban J connectivity index is 1.81. The minimum Gasteiger partial charge on any atom is -0.260 e. The van der Waals surface area contributed by atoms with Crippen molar-refractivity contribution in [2.45, 2.75) is 18.3 Å². The Morgan fingerprint density at radius 1 is 1.00 bits per heavy atom. The van der Waals surface area contributed by atoms with Gasteiger partial charge in [-0.15, -0.1) is 0 Å². The molecule has 0 spiro atoms. The predicted molar refractivity (Wildman–Crippen MR) is 76.8 cm³/mol. The molecule has 2 unspecified atom stereocenters. The van der Waals surface area contributed by atoms with Gasteiger partial charge in [0, 0.05) is 17.5 Å². The van der Waals surface area contributed by atoms with Crippen molar-refractivity contribution in [2.75, 3.05) is 0 Å². The van der Waals surface area contributed by atoms with Crippen molar-refractivity contribution in [3.05, 3.63) is 66.0 Å². The number of aromatic nitrogens is 1. The normalized spacial score (nSPS) is 34.2. The highest BCUT2D eigenvalue weighted by molar-refractivity contribution is 5.48. The van der Waals surface area contributed by atoms with E-state index in [0.29, 0.717) is 11.8 Å². The summed E-state index contributed by atoms with van der Waals surface area (Å²) in [5.41, 5.74) is 2.61. The third-order valence-electron chi connectivity index (χ3n) is 5.15. The smallest absolute Gasteiger partial charge is 0.0656 e. The second-order valence-electron chi connectivity index (χ2n) is 5.96. The summed E-state index contributed by atoms with van der Waals surface area (Å²) in [6.45, 7) is 0. The Kier molecular flexibility index (Phi) is 2.44. The number of fused-ring (bicyclic) bond motifs is 1. The molecule has 4 atom stereocenters. The van der Waals surface area contributed by atoms with E-state index in [0.717, 1.165) is 12.8 Å². The molecule has 2 saturated carbocycles. The van der Waals surface area contributed by atoms with Gasteiger partial charge in [0.25, 0.3) is 0 Å². The van der Waals surface area contributed by atoms with Gasteiger partial charge in [0.2, 0.25) is 0 Å². The van der Waals surface area contributed by atoms with E-state index in [2.05, 4.69) is 53.5 Å². The number of pyridine rings is 1. The highest BCUT2D eigenvalue weighted by atomic mass is 14.8. The van der Waals surface area contributed by atoms with Crippen molar-refractivity contribution >= 4 is 0 Å². The highest BCUT2D eigenvalue weighted by Crippen LogP contribution is 2.71. The van der Waals surface area contributed by atoms with Crippen LogP contribution in [-0.2, 0) is 5.41 Å². The van der Waals surface area contributed by atoms with E-state index in [-0.39, 0.29) is 11.3 Å².